The number of anilines is 2. The fraction of sp³-hybridized carbons (Fsp3) is 0.562. The van der Waals surface area contributed by atoms with E-state index in [1.165, 1.54) is 0 Å². The molecule has 3 N–H and O–H groups in total. The van der Waals surface area contributed by atoms with Crippen molar-refractivity contribution in [2.24, 2.45) is 5.92 Å². The molecule has 1 heterocycles. The van der Waals surface area contributed by atoms with Crippen LogP contribution < -0.4 is 20.7 Å². The van der Waals surface area contributed by atoms with Gasteiger partial charge in [0.1, 0.15) is 11.9 Å². The lowest BCUT2D eigenvalue weighted by Gasteiger charge is -2.35. The molecule has 1 atom stereocenters. The average molecular weight is 291 g/mol. The molecule has 21 heavy (non-hydrogen) atoms. The monoisotopic (exact) mass is 291 g/mol. The minimum Gasteiger partial charge on any atom is -0.486 e. The van der Waals surface area contributed by atoms with E-state index in [0.717, 1.165) is 24.4 Å². The SMILES string of the molecule is CCC1CN(CC(=O)NCC(C)C)c2ccc(N)cc2O1. The summed E-state index contributed by atoms with van der Waals surface area (Å²) in [5, 5.41) is 2.96. The zero-order valence-electron chi connectivity index (χ0n) is 13.1. The van der Waals surface area contributed by atoms with Gasteiger partial charge in [0.25, 0.3) is 0 Å². The molecule has 1 aliphatic heterocycles. The van der Waals surface area contributed by atoms with Crippen molar-refractivity contribution in [3.05, 3.63) is 18.2 Å². The third-order valence-electron chi connectivity index (χ3n) is 3.54. The Balaban J connectivity index is 2.10. The second-order valence-electron chi connectivity index (χ2n) is 5.95. The standard InChI is InChI=1S/C16H25N3O2/c1-4-13-9-19(10-16(20)18-8-11(2)3)14-6-5-12(17)7-15(14)21-13/h5-7,11,13H,4,8-10,17H2,1-3H3,(H,18,20). The van der Waals surface area contributed by atoms with Crippen molar-refractivity contribution >= 4 is 17.3 Å². The van der Waals surface area contributed by atoms with Gasteiger partial charge in [-0.25, -0.2) is 0 Å². The van der Waals surface area contributed by atoms with Crippen molar-refractivity contribution in [1.29, 1.82) is 0 Å². The van der Waals surface area contributed by atoms with Crippen molar-refractivity contribution in [1.82, 2.24) is 5.32 Å². The molecule has 0 bridgehead atoms. The molecule has 0 radical (unpaired) electrons. The Labute approximate surface area is 126 Å². The molecule has 0 spiro atoms. The van der Waals surface area contributed by atoms with Gasteiger partial charge in [0.15, 0.2) is 0 Å². The highest BCUT2D eigenvalue weighted by atomic mass is 16.5. The molecule has 1 unspecified atom stereocenters. The van der Waals surface area contributed by atoms with E-state index in [0.29, 0.717) is 24.7 Å². The number of amides is 1. The quantitative estimate of drug-likeness (QED) is 0.814. The number of nitrogens with zero attached hydrogens (tertiary/aromatic N) is 1. The van der Waals surface area contributed by atoms with Crippen molar-refractivity contribution in [3.8, 4) is 5.75 Å². The number of carbonyl (C=O) groups excluding carboxylic acids is 1. The summed E-state index contributed by atoms with van der Waals surface area (Å²) in [5.74, 6) is 1.27. The van der Waals surface area contributed by atoms with Crippen molar-refractivity contribution in [2.75, 3.05) is 30.3 Å². The zero-order valence-corrected chi connectivity index (χ0v) is 13.1. The molecule has 1 amide bonds. The first-order valence-electron chi connectivity index (χ1n) is 7.57. The van der Waals surface area contributed by atoms with Crippen LogP contribution in [0.25, 0.3) is 0 Å². The van der Waals surface area contributed by atoms with Gasteiger partial charge in [-0.3, -0.25) is 4.79 Å². The molecule has 0 aromatic heterocycles. The number of carbonyl (C=O) groups is 1. The average Bonchev–Trinajstić information content (AvgIpc) is 2.44. The molecule has 1 aromatic carbocycles. The third-order valence-corrected chi connectivity index (χ3v) is 3.54. The minimum atomic E-state index is 0.0447. The maximum atomic E-state index is 12.1. The molecule has 0 saturated carbocycles. The molecule has 0 aliphatic carbocycles. The van der Waals surface area contributed by atoms with Crippen molar-refractivity contribution in [2.45, 2.75) is 33.3 Å². The van der Waals surface area contributed by atoms with Gasteiger partial charge in [0.2, 0.25) is 5.91 Å². The van der Waals surface area contributed by atoms with Gasteiger partial charge in [0, 0.05) is 18.3 Å². The Bertz CT molecular complexity index is 502. The minimum absolute atomic E-state index is 0.0447. The van der Waals surface area contributed by atoms with Crippen LogP contribution in [0.15, 0.2) is 18.2 Å². The first-order chi connectivity index (χ1) is 9.99. The Morgan fingerprint density at radius 3 is 2.95 bits per heavy atom. The van der Waals surface area contributed by atoms with Crippen LogP contribution in [0.5, 0.6) is 5.75 Å². The number of nitrogens with one attached hydrogen (secondary N) is 1. The molecule has 1 aromatic rings. The second-order valence-corrected chi connectivity index (χ2v) is 5.95. The van der Waals surface area contributed by atoms with E-state index in [4.69, 9.17) is 10.5 Å². The summed E-state index contributed by atoms with van der Waals surface area (Å²) in [7, 11) is 0. The molecular weight excluding hydrogens is 266 g/mol. The summed E-state index contributed by atoms with van der Waals surface area (Å²) in [6, 6.07) is 5.59. The number of hydrogen-bond donors (Lipinski definition) is 2. The predicted octanol–water partition coefficient (Wildman–Crippen LogP) is 2.02. The normalized spacial score (nSPS) is 17.3. The predicted molar refractivity (Wildman–Crippen MR) is 85.6 cm³/mol. The molecule has 5 heteroatoms. The number of benzene rings is 1. The number of rotatable bonds is 5. The first kappa shape index (κ1) is 15.5. The van der Waals surface area contributed by atoms with Gasteiger partial charge in [-0.1, -0.05) is 20.8 Å². The number of hydrogen-bond acceptors (Lipinski definition) is 4. The van der Waals surface area contributed by atoms with Gasteiger partial charge >= 0.3 is 0 Å². The molecule has 1 aliphatic rings. The summed E-state index contributed by atoms with van der Waals surface area (Å²) in [5.41, 5.74) is 7.43. The maximum absolute atomic E-state index is 12.1. The Morgan fingerprint density at radius 2 is 2.29 bits per heavy atom. The highest BCUT2D eigenvalue weighted by molar-refractivity contribution is 5.82. The molecule has 0 fully saturated rings. The smallest absolute Gasteiger partial charge is 0.239 e. The van der Waals surface area contributed by atoms with Gasteiger partial charge in [-0.2, -0.15) is 0 Å². The van der Waals surface area contributed by atoms with Crippen LogP contribution in [-0.4, -0.2) is 31.6 Å². The number of nitrogens with two attached hydrogens (primary N) is 1. The van der Waals surface area contributed by atoms with Crippen LogP contribution in [0.4, 0.5) is 11.4 Å². The summed E-state index contributed by atoms with van der Waals surface area (Å²) in [6.45, 7) is 8.03. The lowest BCUT2D eigenvalue weighted by Crippen LogP contribution is -2.45. The highest BCUT2D eigenvalue weighted by Gasteiger charge is 2.26. The zero-order chi connectivity index (χ0) is 15.4. The van der Waals surface area contributed by atoms with E-state index in [2.05, 4.69) is 31.0 Å². The number of ether oxygens (including phenoxy) is 1. The third kappa shape index (κ3) is 4.03. The Kier molecular flexibility index (Phi) is 4.94. The summed E-state index contributed by atoms with van der Waals surface area (Å²) in [4.78, 5) is 14.1. The van der Waals surface area contributed by atoms with Crippen molar-refractivity contribution in [3.63, 3.8) is 0 Å². The fourth-order valence-corrected chi connectivity index (χ4v) is 2.36. The Morgan fingerprint density at radius 1 is 1.52 bits per heavy atom. The number of nitrogen functional groups attached to an aromatic ring is 1. The van der Waals surface area contributed by atoms with E-state index in [-0.39, 0.29) is 12.0 Å². The molecule has 116 valence electrons. The van der Waals surface area contributed by atoms with Gasteiger partial charge in [-0.15, -0.1) is 0 Å². The molecule has 5 nitrogen and oxygen atoms in total. The topological polar surface area (TPSA) is 67.6 Å². The van der Waals surface area contributed by atoms with Crippen molar-refractivity contribution < 1.29 is 9.53 Å². The maximum Gasteiger partial charge on any atom is 0.239 e. The van der Waals surface area contributed by atoms with Crippen LogP contribution in [-0.2, 0) is 4.79 Å². The number of fused-ring (bicyclic) bond motifs is 1. The van der Waals surface area contributed by atoms with E-state index in [1.807, 2.05) is 18.2 Å². The van der Waals surface area contributed by atoms with E-state index in [9.17, 15) is 4.79 Å². The first-order valence-corrected chi connectivity index (χ1v) is 7.57. The highest BCUT2D eigenvalue weighted by Crippen LogP contribution is 2.35. The second kappa shape index (κ2) is 6.70. The fourth-order valence-electron chi connectivity index (χ4n) is 2.36. The van der Waals surface area contributed by atoms with Gasteiger partial charge in [-0.05, 0) is 24.5 Å². The summed E-state index contributed by atoms with van der Waals surface area (Å²) in [6.07, 6.45) is 0.996. The van der Waals surface area contributed by atoms with Gasteiger partial charge in [0.05, 0.1) is 18.8 Å². The molecular formula is C16H25N3O2. The summed E-state index contributed by atoms with van der Waals surface area (Å²) >= 11 is 0. The van der Waals surface area contributed by atoms with Crippen LogP contribution in [0.2, 0.25) is 0 Å². The lowest BCUT2D eigenvalue weighted by molar-refractivity contribution is -0.120. The largest absolute Gasteiger partial charge is 0.486 e. The van der Waals surface area contributed by atoms with Crippen LogP contribution in [0.3, 0.4) is 0 Å². The van der Waals surface area contributed by atoms with Gasteiger partial charge < -0.3 is 20.7 Å². The molecule has 0 saturated heterocycles. The van der Waals surface area contributed by atoms with Crippen LogP contribution in [0, 0.1) is 5.92 Å². The Hall–Kier alpha value is -1.91. The van der Waals surface area contributed by atoms with E-state index < -0.39 is 0 Å². The molecule has 2 rings (SSSR count). The van der Waals surface area contributed by atoms with Crippen LogP contribution >= 0.6 is 0 Å². The van der Waals surface area contributed by atoms with Crippen LogP contribution in [0.1, 0.15) is 27.2 Å². The van der Waals surface area contributed by atoms with E-state index in [1.54, 1.807) is 0 Å². The lowest BCUT2D eigenvalue weighted by atomic mass is 10.1. The van der Waals surface area contributed by atoms with E-state index >= 15 is 0 Å². The summed E-state index contributed by atoms with van der Waals surface area (Å²) < 4.78 is 5.92.